The standard InChI is InChI=1S/C42H28/c1-2-8-33-26-34(17-12-27(33)6-1)38-23-19-32-20-24-39-37(22-18-31-21-25-40(38)42(32)41(31)39)30-15-13-29(14-16-30)36-11-5-9-28-7-3-4-10-35(28)36/h1-13,15,17-26H,14,16H2. The molecule has 0 bridgehead atoms. The number of hydrogen-bond acceptors (Lipinski definition) is 0. The highest BCUT2D eigenvalue weighted by molar-refractivity contribution is 6.27. The summed E-state index contributed by atoms with van der Waals surface area (Å²) in [6, 6.07) is 49.4. The summed E-state index contributed by atoms with van der Waals surface area (Å²) in [6.07, 6.45) is 6.82. The molecule has 0 saturated carbocycles. The van der Waals surface area contributed by atoms with Gasteiger partial charge in [0.15, 0.2) is 0 Å². The van der Waals surface area contributed by atoms with Crippen molar-refractivity contribution in [2.45, 2.75) is 12.8 Å². The van der Waals surface area contributed by atoms with Gasteiger partial charge in [-0.05, 0) is 106 Å². The zero-order valence-electron chi connectivity index (χ0n) is 23.3. The van der Waals surface area contributed by atoms with E-state index in [0.717, 1.165) is 12.8 Å². The summed E-state index contributed by atoms with van der Waals surface area (Å²) in [6.45, 7) is 0. The third kappa shape index (κ3) is 3.55. The first-order valence-corrected chi connectivity index (χ1v) is 14.9. The molecule has 0 saturated heterocycles. The van der Waals surface area contributed by atoms with Gasteiger partial charge in [-0.1, -0.05) is 140 Å². The van der Waals surface area contributed by atoms with E-state index in [2.05, 4.69) is 146 Å². The summed E-state index contributed by atoms with van der Waals surface area (Å²) >= 11 is 0. The van der Waals surface area contributed by atoms with Crippen LogP contribution in [0, 0.1) is 0 Å². The molecule has 0 N–H and O–H groups in total. The molecule has 196 valence electrons. The molecule has 0 aliphatic heterocycles. The molecular formula is C42H28. The van der Waals surface area contributed by atoms with Gasteiger partial charge in [0.1, 0.15) is 0 Å². The predicted molar refractivity (Wildman–Crippen MR) is 182 cm³/mol. The van der Waals surface area contributed by atoms with Crippen LogP contribution in [0.5, 0.6) is 0 Å². The van der Waals surface area contributed by atoms with Crippen molar-refractivity contribution in [3.63, 3.8) is 0 Å². The molecule has 0 heterocycles. The second-order valence-electron chi connectivity index (χ2n) is 11.6. The molecule has 0 radical (unpaired) electrons. The Labute approximate surface area is 245 Å². The molecule has 0 spiro atoms. The molecule has 0 fully saturated rings. The van der Waals surface area contributed by atoms with Crippen LogP contribution in [-0.4, -0.2) is 0 Å². The monoisotopic (exact) mass is 532 g/mol. The molecule has 0 aromatic heterocycles. The maximum atomic E-state index is 2.37. The van der Waals surface area contributed by atoms with Crippen molar-refractivity contribution in [2.24, 2.45) is 0 Å². The van der Waals surface area contributed by atoms with Gasteiger partial charge in [0, 0.05) is 0 Å². The number of benzene rings is 8. The van der Waals surface area contributed by atoms with E-state index in [-0.39, 0.29) is 0 Å². The lowest BCUT2D eigenvalue weighted by atomic mass is 9.84. The predicted octanol–water partition coefficient (Wildman–Crippen LogP) is 11.8. The lowest BCUT2D eigenvalue weighted by Gasteiger charge is -2.20. The van der Waals surface area contributed by atoms with Crippen LogP contribution in [0.25, 0.3) is 76.1 Å². The highest BCUT2D eigenvalue weighted by atomic mass is 14.2. The van der Waals surface area contributed by atoms with Crippen LogP contribution in [0.4, 0.5) is 0 Å². The Hall–Kier alpha value is -5.20. The fraction of sp³-hybridized carbons (Fsp3) is 0.0476. The van der Waals surface area contributed by atoms with Crippen molar-refractivity contribution < 1.29 is 0 Å². The second kappa shape index (κ2) is 9.16. The molecule has 8 aromatic carbocycles. The van der Waals surface area contributed by atoms with E-state index in [1.54, 1.807) is 0 Å². The fourth-order valence-electron chi connectivity index (χ4n) is 7.28. The van der Waals surface area contributed by atoms with E-state index >= 15 is 0 Å². The van der Waals surface area contributed by atoms with Crippen molar-refractivity contribution in [2.75, 3.05) is 0 Å². The average molecular weight is 533 g/mol. The lowest BCUT2D eigenvalue weighted by molar-refractivity contribution is 1.08. The van der Waals surface area contributed by atoms with Gasteiger partial charge in [0.05, 0.1) is 0 Å². The van der Waals surface area contributed by atoms with E-state index in [1.807, 2.05) is 0 Å². The third-order valence-electron chi connectivity index (χ3n) is 9.36. The molecule has 1 aliphatic rings. The van der Waals surface area contributed by atoms with Crippen molar-refractivity contribution in [1.29, 1.82) is 0 Å². The molecule has 42 heavy (non-hydrogen) atoms. The van der Waals surface area contributed by atoms with Gasteiger partial charge in [-0.15, -0.1) is 0 Å². The van der Waals surface area contributed by atoms with Gasteiger partial charge in [0.2, 0.25) is 0 Å². The highest BCUT2D eigenvalue weighted by Gasteiger charge is 2.18. The largest absolute Gasteiger partial charge is 0.0616 e. The van der Waals surface area contributed by atoms with Crippen LogP contribution in [-0.2, 0) is 0 Å². The normalized spacial score (nSPS) is 13.8. The summed E-state index contributed by atoms with van der Waals surface area (Å²) in [5, 5.41) is 13.3. The quantitative estimate of drug-likeness (QED) is 0.199. The van der Waals surface area contributed by atoms with E-state index in [1.165, 1.54) is 87.3 Å². The Morgan fingerprint density at radius 2 is 0.881 bits per heavy atom. The summed E-state index contributed by atoms with van der Waals surface area (Å²) in [4.78, 5) is 0. The molecule has 0 atom stereocenters. The molecule has 9 rings (SSSR count). The number of hydrogen-bond donors (Lipinski definition) is 0. The summed E-state index contributed by atoms with van der Waals surface area (Å²) in [5.74, 6) is 0. The maximum absolute atomic E-state index is 2.37. The lowest BCUT2D eigenvalue weighted by Crippen LogP contribution is -1.96. The Morgan fingerprint density at radius 3 is 1.62 bits per heavy atom. The molecule has 0 heteroatoms. The maximum Gasteiger partial charge on any atom is -0.00203 e. The number of rotatable bonds is 3. The van der Waals surface area contributed by atoms with Gasteiger partial charge in [0.25, 0.3) is 0 Å². The van der Waals surface area contributed by atoms with Crippen LogP contribution < -0.4 is 0 Å². The topological polar surface area (TPSA) is 0 Å². The summed E-state index contributed by atoms with van der Waals surface area (Å²) in [5.41, 5.74) is 8.14. The minimum atomic E-state index is 1.04. The highest BCUT2D eigenvalue weighted by Crippen LogP contribution is 2.43. The second-order valence-corrected chi connectivity index (χ2v) is 11.6. The molecule has 0 nitrogen and oxygen atoms in total. The molecule has 1 aliphatic carbocycles. The Balaban J connectivity index is 1.20. The zero-order chi connectivity index (χ0) is 27.6. The van der Waals surface area contributed by atoms with E-state index in [0.29, 0.717) is 0 Å². The van der Waals surface area contributed by atoms with Crippen molar-refractivity contribution in [3.8, 4) is 11.1 Å². The molecule has 0 unspecified atom stereocenters. The SMILES string of the molecule is C1=C(c2cccc3ccccc23)CCC(c2ccc3ccc4c(-c5ccc6ccccc6c5)ccc5ccc2c3c54)=C1. The Morgan fingerprint density at radius 1 is 0.333 bits per heavy atom. The average Bonchev–Trinajstić information content (AvgIpc) is 3.06. The van der Waals surface area contributed by atoms with Crippen LogP contribution in [0.1, 0.15) is 24.0 Å². The van der Waals surface area contributed by atoms with Crippen LogP contribution >= 0.6 is 0 Å². The molecule has 0 amide bonds. The number of allylic oxidation sites excluding steroid dienone is 4. The van der Waals surface area contributed by atoms with Crippen molar-refractivity contribution in [3.05, 3.63) is 157 Å². The van der Waals surface area contributed by atoms with Crippen molar-refractivity contribution in [1.82, 2.24) is 0 Å². The first kappa shape index (κ1) is 23.5. The Kier molecular flexibility index (Phi) is 5.12. The van der Waals surface area contributed by atoms with E-state index in [9.17, 15) is 0 Å². The first-order chi connectivity index (χ1) is 20.8. The van der Waals surface area contributed by atoms with Crippen molar-refractivity contribution >= 4 is 65.0 Å². The molecule has 8 aromatic rings. The zero-order valence-corrected chi connectivity index (χ0v) is 23.3. The van der Waals surface area contributed by atoms with E-state index < -0.39 is 0 Å². The van der Waals surface area contributed by atoms with Gasteiger partial charge >= 0.3 is 0 Å². The first-order valence-electron chi connectivity index (χ1n) is 14.9. The smallest absolute Gasteiger partial charge is 0.00203 e. The Bertz CT molecular complexity index is 2390. The van der Waals surface area contributed by atoms with Gasteiger partial charge in [-0.3, -0.25) is 0 Å². The van der Waals surface area contributed by atoms with E-state index in [4.69, 9.17) is 0 Å². The minimum absolute atomic E-state index is 1.04. The van der Waals surface area contributed by atoms with Gasteiger partial charge in [-0.25, -0.2) is 0 Å². The minimum Gasteiger partial charge on any atom is -0.0616 e. The van der Waals surface area contributed by atoms with Crippen LogP contribution in [0.15, 0.2) is 146 Å². The fourth-order valence-corrected chi connectivity index (χ4v) is 7.28. The summed E-state index contributed by atoms with van der Waals surface area (Å²) in [7, 11) is 0. The third-order valence-corrected chi connectivity index (χ3v) is 9.36. The number of fused-ring (bicyclic) bond motifs is 2. The van der Waals surface area contributed by atoms with Gasteiger partial charge in [-0.2, -0.15) is 0 Å². The van der Waals surface area contributed by atoms with Gasteiger partial charge < -0.3 is 0 Å². The van der Waals surface area contributed by atoms with Crippen LogP contribution in [0.3, 0.4) is 0 Å². The van der Waals surface area contributed by atoms with Crippen LogP contribution in [0.2, 0.25) is 0 Å². The summed E-state index contributed by atoms with van der Waals surface area (Å²) < 4.78 is 0. The molecular weight excluding hydrogens is 504 g/mol.